The number of carbonyl (C=O) groups excluding carboxylic acids is 3. The van der Waals surface area contributed by atoms with Gasteiger partial charge < -0.3 is 44.1 Å². The number of ether oxygens (including phenoxy) is 5. The van der Waals surface area contributed by atoms with E-state index < -0.39 is 53.8 Å². The number of fused-ring (bicyclic) bond motifs is 2. The summed E-state index contributed by atoms with van der Waals surface area (Å²) in [5, 5.41) is 3.96. The lowest BCUT2D eigenvalue weighted by molar-refractivity contribution is -0.307. The van der Waals surface area contributed by atoms with Gasteiger partial charge in [-0.05, 0) is 51.1 Å². The van der Waals surface area contributed by atoms with E-state index in [1.807, 2.05) is 24.3 Å². The van der Waals surface area contributed by atoms with Crippen LogP contribution in [-0.4, -0.2) is 60.3 Å². The molecule has 0 spiro atoms. The maximum atomic E-state index is 12.9. The zero-order valence-corrected chi connectivity index (χ0v) is 24.1. The van der Waals surface area contributed by atoms with E-state index in [2.05, 4.69) is 10.3 Å². The summed E-state index contributed by atoms with van der Waals surface area (Å²) in [6.45, 7) is 6.23. The van der Waals surface area contributed by atoms with Crippen LogP contribution in [0.15, 0.2) is 57.7 Å². The number of benzene rings is 2. The Labute approximate surface area is 245 Å². The number of rotatable bonds is 7. The Kier molecular flexibility index (Phi) is 7.86. The van der Waals surface area contributed by atoms with Gasteiger partial charge in [0.2, 0.25) is 12.4 Å². The van der Waals surface area contributed by atoms with Crippen LogP contribution in [0.4, 0.5) is 10.5 Å². The van der Waals surface area contributed by atoms with E-state index in [1.54, 1.807) is 39.0 Å². The summed E-state index contributed by atoms with van der Waals surface area (Å²) in [6, 6.07) is 13.8. The highest BCUT2D eigenvalue weighted by Crippen LogP contribution is 2.37. The molecule has 0 radical (unpaired) electrons. The van der Waals surface area contributed by atoms with E-state index in [9.17, 15) is 19.2 Å². The molecule has 4 N–H and O–H groups in total. The van der Waals surface area contributed by atoms with Crippen molar-refractivity contribution in [1.29, 1.82) is 0 Å². The number of nitrogens with one attached hydrogen (secondary N) is 2. The smallest absolute Gasteiger partial charge is 0.405 e. The highest BCUT2D eigenvalue weighted by Gasteiger charge is 2.55. The van der Waals surface area contributed by atoms with Crippen LogP contribution < -0.4 is 21.4 Å². The average molecular weight is 594 g/mol. The van der Waals surface area contributed by atoms with Crippen LogP contribution in [0.2, 0.25) is 0 Å². The molecule has 226 valence electrons. The summed E-state index contributed by atoms with van der Waals surface area (Å²) in [5.41, 5.74) is 5.10. The van der Waals surface area contributed by atoms with Crippen molar-refractivity contribution in [3.05, 3.63) is 70.2 Å². The fourth-order valence-corrected chi connectivity index (χ4v) is 5.27. The van der Waals surface area contributed by atoms with Crippen LogP contribution in [0.3, 0.4) is 0 Å². The van der Waals surface area contributed by atoms with Gasteiger partial charge in [-0.15, -0.1) is 0 Å². The zero-order chi connectivity index (χ0) is 31.1. The molecule has 0 saturated carbocycles. The third kappa shape index (κ3) is 5.90. The van der Waals surface area contributed by atoms with Crippen molar-refractivity contribution in [2.24, 2.45) is 5.73 Å². The highest BCUT2D eigenvalue weighted by molar-refractivity contribution is 6.06. The minimum absolute atomic E-state index is 0.0476. The number of esters is 1. The SMILES string of the molecule is CO[C@@H]1[C@@H](OC(N)=O)[C@@H](OC(C)=O)[C@H](Oc2ccc3cc(NC(=O)c4cc5ccccc5[nH]4)c(=O)oc3c2C)OC1(C)C. The molecule has 0 aliphatic carbocycles. The first-order chi connectivity index (χ1) is 20.4. The third-order valence-electron chi connectivity index (χ3n) is 7.17. The Morgan fingerprint density at radius 2 is 1.77 bits per heavy atom. The zero-order valence-electron chi connectivity index (χ0n) is 24.1. The molecule has 13 nitrogen and oxygen atoms in total. The van der Waals surface area contributed by atoms with Crippen molar-refractivity contribution in [1.82, 2.24) is 4.98 Å². The van der Waals surface area contributed by atoms with Gasteiger partial charge in [0.05, 0.1) is 5.60 Å². The molecule has 3 heterocycles. The van der Waals surface area contributed by atoms with Gasteiger partial charge in [-0.25, -0.2) is 9.59 Å². The van der Waals surface area contributed by atoms with E-state index in [4.69, 9.17) is 33.8 Å². The second-order valence-electron chi connectivity index (χ2n) is 10.6. The number of aryl methyl sites for hydroxylation is 1. The summed E-state index contributed by atoms with van der Waals surface area (Å²) in [4.78, 5) is 52.5. The van der Waals surface area contributed by atoms with E-state index in [-0.39, 0.29) is 22.7 Å². The summed E-state index contributed by atoms with van der Waals surface area (Å²) < 4.78 is 34.1. The van der Waals surface area contributed by atoms with Crippen LogP contribution in [0.5, 0.6) is 5.75 Å². The number of amides is 2. The lowest BCUT2D eigenvalue weighted by Gasteiger charge is -2.48. The Balaban J connectivity index is 1.44. The van der Waals surface area contributed by atoms with Crippen LogP contribution in [-0.2, 0) is 23.7 Å². The first-order valence-corrected chi connectivity index (χ1v) is 13.3. The monoisotopic (exact) mass is 593 g/mol. The van der Waals surface area contributed by atoms with Gasteiger partial charge in [-0.1, -0.05) is 18.2 Å². The molecule has 4 atom stereocenters. The van der Waals surface area contributed by atoms with E-state index >= 15 is 0 Å². The number of para-hydroxylation sites is 1. The van der Waals surface area contributed by atoms with Crippen molar-refractivity contribution in [2.45, 2.75) is 57.9 Å². The normalized spacial score (nSPS) is 21.3. The first-order valence-electron chi connectivity index (χ1n) is 13.3. The molecule has 43 heavy (non-hydrogen) atoms. The predicted molar refractivity (Wildman–Crippen MR) is 154 cm³/mol. The van der Waals surface area contributed by atoms with Crippen molar-refractivity contribution in [2.75, 3.05) is 12.4 Å². The Morgan fingerprint density at radius 1 is 1.02 bits per heavy atom. The molecule has 4 aromatic rings. The minimum atomic E-state index is -1.27. The maximum absolute atomic E-state index is 12.9. The number of primary amides is 1. The van der Waals surface area contributed by atoms with Gasteiger partial charge in [0.15, 0.2) is 6.10 Å². The van der Waals surface area contributed by atoms with Gasteiger partial charge in [-0.3, -0.25) is 9.59 Å². The molecule has 1 saturated heterocycles. The van der Waals surface area contributed by atoms with Crippen molar-refractivity contribution >= 4 is 45.5 Å². The fourth-order valence-electron chi connectivity index (χ4n) is 5.27. The molecule has 1 fully saturated rings. The van der Waals surface area contributed by atoms with Gasteiger partial charge in [-0.2, -0.15) is 0 Å². The van der Waals surface area contributed by atoms with Crippen LogP contribution in [0.25, 0.3) is 21.9 Å². The highest BCUT2D eigenvalue weighted by atomic mass is 16.7. The molecular formula is C30H31N3O10. The van der Waals surface area contributed by atoms with E-state index in [1.165, 1.54) is 20.1 Å². The second kappa shape index (κ2) is 11.4. The fraction of sp³-hybridized carbons (Fsp3) is 0.333. The second-order valence-corrected chi connectivity index (χ2v) is 10.6. The average Bonchev–Trinajstić information content (AvgIpc) is 3.37. The van der Waals surface area contributed by atoms with Gasteiger partial charge in [0.1, 0.15) is 28.8 Å². The van der Waals surface area contributed by atoms with Crippen LogP contribution in [0, 0.1) is 6.92 Å². The number of aromatic amines is 1. The van der Waals surface area contributed by atoms with Crippen molar-refractivity contribution in [3.8, 4) is 5.75 Å². The van der Waals surface area contributed by atoms with Crippen LogP contribution in [0.1, 0.15) is 36.8 Å². The molecule has 2 amide bonds. The van der Waals surface area contributed by atoms with E-state index in [0.29, 0.717) is 10.9 Å². The van der Waals surface area contributed by atoms with Gasteiger partial charge in [0.25, 0.3) is 5.91 Å². The minimum Gasteiger partial charge on any atom is -0.460 e. The maximum Gasteiger partial charge on any atom is 0.405 e. The largest absolute Gasteiger partial charge is 0.460 e. The standard InChI is InChI=1S/C30H31N3O10/c1-14-21(40-28-24(39-15(2)34)23(42-29(31)37)25(38-5)30(3,4)43-28)11-10-17-13-20(27(36)41-22(14)17)33-26(35)19-12-16-8-6-7-9-18(16)32-19/h6-13,23-25,28,32H,1-5H3,(H2,31,37)(H,33,35)/t23-,24+,25+,28+/m0/s1. The molecule has 5 rings (SSSR count). The van der Waals surface area contributed by atoms with E-state index in [0.717, 1.165) is 10.9 Å². The van der Waals surface area contributed by atoms with Crippen LogP contribution >= 0.6 is 0 Å². The molecule has 13 heteroatoms. The number of H-pyrrole nitrogens is 1. The number of hydrogen-bond acceptors (Lipinski definition) is 10. The molecule has 2 aromatic heterocycles. The molecule has 2 aromatic carbocycles. The number of hydrogen-bond donors (Lipinski definition) is 3. The number of methoxy groups -OCH3 is 1. The number of aromatic nitrogens is 1. The summed E-state index contributed by atoms with van der Waals surface area (Å²) in [6.07, 6.45) is -5.66. The van der Waals surface area contributed by atoms with Gasteiger partial charge >= 0.3 is 17.7 Å². The van der Waals surface area contributed by atoms with Crippen molar-refractivity contribution in [3.63, 3.8) is 0 Å². The predicted octanol–water partition coefficient (Wildman–Crippen LogP) is 3.76. The summed E-state index contributed by atoms with van der Waals surface area (Å²) in [5.74, 6) is -0.953. The Bertz CT molecular complexity index is 1740. The molecule has 1 aliphatic heterocycles. The van der Waals surface area contributed by atoms with Crippen molar-refractivity contribution < 1.29 is 42.5 Å². The third-order valence-corrected chi connectivity index (χ3v) is 7.17. The number of carbonyl (C=O) groups is 3. The number of anilines is 1. The quantitative estimate of drug-likeness (QED) is 0.211. The molecule has 0 unspecified atom stereocenters. The lowest BCUT2D eigenvalue weighted by Crippen LogP contribution is -2.66. The van der Waals surface area contributed by atoms with Gasteiger partial charge in [0, 0.05) is 35.9 Å². The summed E-state index contributed by atoms with van der Waals surface area (Å²) >= 11 is 0. The molecule has 1 aliphatic rings. The summed E-state index contributed by atoms with van der Waals surface area (Å²) in [7, 11) is 1.39. The topological polar surface area (TPSA) is 181 Å². The Hall–Kier alpha value is -4.88. The molecular weight excluding hydrogens is 562 g/mol. The first kappa shape index (κ1) is 29.6. The Morgan fingerprint density at radius 3 is 2.44 bits per heavy atom. The molecule has 0 bridgehead atoms. The lowest BCUT2D eigenvalue weighted by atomic mass is 9.89. The number of nitrogens with two attached hydrogens (primary N) is 1.